The van der Waals surface area contributed by atoms with Gasteiger partial charge in [0.2, 0.25) is 0 Å². The number of rotatable bonds is 36. The summed E-state index contributed by atoms with van der Waals surface area (Å²) in [7, 11) is -16.3. The molecule has 0 saturated carbocycles. The number of ether oxygens (including phenoxy) is 8. The van der Waals surface area contributed by atoms with Crippen LogP contribution in [0, 0.1) is 18.6 Å². The summed E-state index contributed by atoms with van der Waals surface area (Å²) in [4.78, 5) is 49.4. The van der Waals surface area contributed by atoms with Crippen molar-refractivity contribution in [3.05, 3.63) is 336 Å². The first-order chi connectivity index (χ1) is 69.5. The Bertz CT molecular complexity index is 6360. The Kier molecular flexibility index (Phi) is 38.3. The number of halogens is 3. The number of carbonyl (C=O) groups is 4. The summed E-state index contributed by atoms with van der Waals surface area (Å²) in [5, 5.41) is 37.4. The van der Waals surface area contributed by atoms with Gasteiger partial charge in [0.05, 0.1) is 46.0 Å². The predicted molar refractivity (Wildman–Crippen MR) is 538 cm³/mol. The van der Waals surface area contributed by atoms with Gasteiger partial charge in [-0.1, -0.05) is 181 Å². The normalized spacial score (nSPS) is 15.3. The van der Waals surface area contributed by atoms with Gasteiger partial charge in [0, 0.05) is 69.0 Å². The topological polar surface area (TPSA) is 408 Å². The number of hydrogen-bond donors (Lipinski definition) is 8. The summed E-state index contributed by atoms with van der Waals surface area (Å²) in [6.07, 6.45) is 5.89. The average molecular weight is 2070 g/mol. The molecule has 28 nitrogen and oxygen atoms in total. The smallest absolute Gasteiger partial charge is 0.265 e. The SMILES string of the molecule is Cc1ccccc1-c1cccc(CCCOc2ccc(S(=O)(=O)C3(C(=O)NO)CCOCC3)cc2)c1.O=C(NO)C1(S(=O)(=O)c2ccc(OCCCc3cccc(-c4cccc(F)c4)c3)cc2)CCOCC1.O=C(NO)C1(S(=O)(=O)c2ccc(OCCCc3cccc(-c4ccccc4Cl)c3)cc2)CCOCC1.O=C(NO)C1(S(=O)(=O)c2ccc(OCCCc3cccc(-c4ccccc4F)c3)cc2)CCOCC1. The zero-order valence-electron chi connectivity index (χ0n) is 79.2. The highest BCUT2D eigenvalue weighted by Gasteiger charge is 2.56. The van der Waals surface area contributed by atoms with E-state index in [1.807, 2.05) is 103 Å². The molecule has 0 bridgehead atoms. The van der Waals surface area contributed by atoms with Crippen LogP contribution >= 0.6 is 11.6 Å². The minimum absolute atomic E-state index is 0.00302. The number of benzene rings is 12. The van der Waals surface area contributed by atoms with Crippen LogP contribution in [0.25, 0.3) is 44.5 Å². The molecule has 35 heteroatoms. The second kappa shape index (κ2) is 50.7. The summed E-state index contributed by atoms with van der Waals surface area (Å²) in [6, 6.07) is 85.5. The molecule has 12 aromatic rings. The predicted octanol–water partition coefficient (Wildman–Crippen LogP) is 18.0. The van der Waals surface area contributed by atoms with Gasteiger partial charge in [-0.2, -0.15) is 0 Å². The first-order valence-electron chi connectivity index (χ1n) is 47.1. The Hall–Kier alpha value is -12.7. The molecule has 4 amide bonds. The van der Waals surface area contributed by atoms with Crippen molar-refractivity contribution in [1.82, 2.24) is 21.9 Å². The van der Waals surface area contributed by atoms with Crippen molar-refractivity contribution in [3.8, 4) is 67.5 Å². The fraction of sp³-hybridized carbons (Fsp3) is 0.303. The van der Waals surface area contributed by atoms with Crippen molar-refractivity contribution >= 4 is 74.6 Å². The molecule has 4 fully saturated rings. The highest BCUT2D eigenvalue weighted by atomic mass is 35.5. The largest absolute Gasteiger partial charge is 0.494 e. The summed E-state index contributed by atoms with van der Waals surface area (Å²) < 4.78 is 171. The third-order valence-corrected chi connectivity index (χ3v) is 36.5. The average Bonchev–Trinajstić information content (AvgIpc) is 0.758. The van der Waals surface area contributed by atoms with Gasteiger partial charge in [-0.3, -0.25) is 40.0 Å². The highest BCUT2D eigenvalue weighted by Crippen LogP contribution is 2.42. The van der Waals surface area contributed by atoms with E-state index in [0.717, 1.165) is 83.9 Å². The molecule has 0 aromatic heterocycles. The molecule has 4 heterocycles. The first-order valence-corrected chi connectivity index (χ1v) is 53.5. The van der Waals surface area contributed by atoms with E-state index in [4.69, 9.17) is 70.3 Å². The molecule has 0 spiro atoms. The molecule has 12 aromatic carbocycles. The van der Waals surface area contributed by atoms with Gasteiger partial charge < -0.3 is 37.9 Å². The van der Waals surface area contributed by atoms with E-state index in [9.17, 15) is 61.6 Å². The van der Waals surface area contributed by atoms with E-state index >= 15 is 0 Å². The summed E-state index contributed by atoms with van der Waals surface area (Å²) in [6.45, 7) is 4.80. The molecular weight excluding hydrogens is 1950 g/mol. The van der Waals surface area contributed by atoms with Crippen molar-refractivity contribution in [2.75, 3.05) is 79.3 Å². The molecule has 0 atom stereocenters. The number of hydroxylamine groups is 4. The monoisotopic (exact) mass is 2060 g/mol. The lowest BCUT2D eigenvalue weighted by atomic mass is 9.98. The number of sulfone groups is 4. The minimum atomic E-state index is -4.08. The zero-order valence-corrected chi connectivity index (χ0v) is 83.3. The lowest BCUT2D eigenvalue weighted by molar-refractivity contribution is -0.135. The van der Waals surface area contributed by atoms with E-state index in [0.29, 0.717) is 66.4 Å². The Labute approximate surface area is 841 Å². The molecule has 8 N–H and O–H groups in total. The quantitative estimate of drug-likeness (QED) is 0.0103. The fourth-order valence-corrected chi connectivity index (χ4v) is 25.9. The standard InChI is InChI=1S/C28H31NO6S.C27H28ClNO6S.2C27H28FNO6S/c1-21-6-2-3-10-26(21)23-9-4-7-22(20-23)8-5-17-35-24-11-13-25(14-12-24)36(32,33)28(27(30)29-31)15-18-34-19-16-28;28-25-9-2-1-8-24(25)21-7-3-5-20(19-21)6-4-16-35-22-10-12-23(13-11-22)36(32,33)27(26(30)29-31)14-17-34-18-15-27;28-23-8-2-7-22(19-23)21-6-1-4-20(18-21)5-3-15-35-24-9-11-25(12-10-24)36(32,33)27(26(30)29-31)13-16-34-17-14-27;28-25-9-2-1-8-24(25)21-7-3-5-20(19-21)6-4-16-35-22-10-12-23(13-11-22)36(32,33)27(26(30)29-31)14-17-34-18-15-27/h2-4,6-7,9-14,20,31H,5,8,15-19H2,1H3,(H,29,30);1-3,5,7-13,19,31H,4,6,14-18H2,(H,29,30);1-2,4,6-12,18-19,31H,3,5,13-17H2,(H,29,30);1-3,5,7-13,19,31H,4,6,14-18H2,(H,29,30). The first kappa shape index (κ1) is 109. The van der Waals surface area contributed by atoms with Gasteiger partial charge in [0.15, 0.2) is 58.3 Å². The van der Waals surface area contributed by atoms with Crippen molar-refractivity contribution in [3.63, 3.8) is 0 Å². The van der Waals surface area contributed by atoms with Crippen molar-refractivity contribution in [2.45, 2.75) is 148 Å². The van der Waals surface area contributed by atoms with Crippen LogP contribution in [0.3, 0.4) is 0 Å². The van der Waals surface area contributed by atoms with Gasteiger partial charge in [0.25, 0.3) is 23.6 Å². The van der Waals surface area contributed by atoms with Crippen LogP contribution in [0.4, 0.5) is 8.78 Å². The van der Waals surface area contributed by atoms with Crippen LogP contribution in [-0.4, -0.2) is 176 Å². The molecule has 0 radical (unpaired) electrons. The summed E-state index contributed by atoms with van der Waals surface area (Å²) in [5.41, 5.74) is 19.5. The highest BCUT2D eigenvalue weighted by molar-refractivity contribution is 7.94. The van der Waals surface area contributed by atoms with E-state index < -0.39 is 82.0 Å². The number of amides is 4. The molecule has 4 saturated heterocycles. The third-order valence-electron chi connectivity index (χ3n) is 26.1. The molecule has 16 rings (SSSR count). The maximum atomic E-state index is 14.1. The molecule has 760 valence electrons. The van der Waals surface area contributed by atoms with Crippen LogP contribution < -0.4 is 40.9 Å². The van der Waals surface area contributed by atoms with Gasteiger partial charge in [-0.05, 0) is 292 Å². The Morgan fingerprint density at radius 3 is 0.847 bits per heavy atom. The Morgan fingerprint density at radius 1 is 0.306 bits per heavy atom. The fourth-order valence-electron chi connectivity index (χ4n) is 17.9. The van der Waals surface area contributed by atoms with E-state index in [2.05, 4.69) is 55.5 Å². The van der Waals surface area contributed by atoms with Crippen LogP contribution in [0.15, 0.2) is 311 Å². The molecular formula is C109H115ClF2N4O24S4. The van der Waals surface area contributed by atoms with Gasteiger partial charge in [0.1, 0.15) is 34.6 Å². The van der Waals surface area contributed by atoms with E-state index in [1.54, 1.807) is 72.8 Å². The lowest BCUT2D eigenvalue weighted by Crippen LogP contribution is -2.54. The number of nitrogens with one attached hydrogen (secondary N) is 4. The van der Waals surface area contributed by atoms with Crippen molar-refractivity contribution in [1.29, 1.82) is 0 Å². The van der Waals surface area contributed by atoms with Crippen LogP contribution in [-0.2, 0) is 103 Å². The minimum Gasteiger partial charge on any atom is -0.494 e. The maximum Gasteiger partial charge on any atom is 0.265 e. The Balaban J connectivity index is 0.000000161. The molecule has 4 aliphatic heterocycles. The molecule has 4 aliphatic rings. The maximum absolute atomic E-state index is 14.1. The third kappa shape index (κ3) is 26.0. The zero-order chi connectivity index (χ0) is 102. The van der Waals surface area contributed by atoms with Crippen molar-refractivity contribution < 1.29 is 120 Å². The molecule has 0 aliphatic carbocycles. The summed E-state index contributed by atoms with van der Waals surface area (Å²) in [5.74, 6) is -2.22. The Morgan fingerprint density at radius 2 is 0.556 bits per heavy atom. The lowest BCUT2D eigenvalue weighted by Gasteiger charge is -2.34. The van der Waals surface area contributed by atoms with Crippen LogP contribution in [0.1, 0.15) is 105 Å². The summed E-state index contributed by atoms with van der Waals surface area (Å²) >= 11 is 6.33. The number of hydrogen-bond acceptors (Lipinski definition) is 24. The molecule has 144 heavy (non-hydrogen) atoms. The van der Waals surface area contributed by atoms with E-state index in [-0.39, 0.29) is 135 Å². The van der Waals surface area contributed by atoms with Gasteiger partial charge in [-0.25, -0.2) is 64.4 Å². The van der Waals surface area contributed by atoms with E-state index in [1.165, 1.54) is 116 Å². The van der Waals surface area contributed by atoms with Crippen molar-refractivity contribution in [2.24, 2.45) is 0 Å². The van der Waals surface area contributed by atoms with Gasteiger partial charge >= 0.3 is 0 Å². The second-order valence-corrected chi connectivity index (χ2v) is 44.4. The second-order valence-electron chi connectivity index (χ2n) is 35.0. The number of carbonyl (C=O) groups excluding carboxylic acids is 4. The van der Waals surface area contributed by atoms with Crippen LogP contribution in [0.5, 0.6) is 23.0 Å². The number of aryl methyl sites for hydroxylation is 5. The van der Waals surface area contributed by atoms with Gasteiger partial charge in [-0.15, -0.1) is 0 Å². The molecule has 0 unspecified atom stereocenters. The van der Waals surface area contributed by atoms with Crippen LogP contribution in [0.2, 0.25) is 5.02 Å².